The van der Waals surface area contributed by atoms with E-state index in [9.17, 15) is 9.59 Å². The Kier molecular flexibility index (Phi) is 3.53. The minimum absolute atomic E-state index is 0.267. The van der Waals surface area contributed by atoms with Crippen LogP contribution in [0, 0.1) is 0 Å². The molecule has 0 aliphatic rings. The first-order valence-electron chi connectivity index (χ1n) is 7.87. The topological polar surface area (TPSA) is 121 Å². The number of carbonyl (C=O) groups excluding carboxylic acids is 1. The molecule has 0 atom stereocenters. The lowest BCUT2D eigenvalue weighted by molar-refractivity contribution is 0.0955. The molecule has 9 nitrogen and oxygen atoms in total. The molecule has 3 N–H and O–H groups in total. The maximum Gasteiger partial charge on any atom is 0.273 e. The second-order valence-electron chi connectivity index (χ2n) is 5.61. The molecule has 0 aliphatic carbocycles. The number of hydrogen-bond donors (Lipinski definition) is 3. The lowest BCUT2D eigenvalue weighted by Gasteiger charge is -2.04. The number of nitrogens with one attached hydrogen (secondary N) is 3. The van der Waals surface area contributed by atoms with Crippen molar-refractivity contribution in [3.8, 4) is 11.3 Å². The molecule has 3 heterocycles. The summed E-state index contributed by atoms with van der Waals surface area (Å²) < 4.78 is 1.25. The van der Waals surface area contributed by atoms with Gasteiger partial charge in [-0.15, -0.1) is 0 Å². The number of amides is 1. The van der Waals surface area contributed by atoms with Crippen molar-refractivity contribution in [3.05, 3.63) is 46.4 Å². The number of nitrogens with zero attached hydrogens (tertiary/aromatic N) is 4. The van der Waals surface area contributed by atoms with E-state index in [1.165, 1.54) is 16.8 Å². The van der Waals surface area contributed by atoms with Crippen LogP contribution < -0.4 is 10.9 Å². The average Bonchev–Trinajstić information content (AvgIpc) is 3.25. The number of benzene rings is 1. The van der Waals surface area contributed by atoms with E-state index in [2.05, 4.69) is 30.8 Å². The average molecular weight is 337 g/mol. The number of rotatable bonds is 4. The SMILES string of the molecule is CCCNC(=O)c1c[nH]n2c(=O)cc(-c3ccc4n[nH]nc4c3)nc12. The van der Waals surface area contributed by atoms with Crippen molar-refractivity contribution >= 4 is 22.6 Å². The van der Waals surface area contributed by atoms with Gasteiger partial charge in [-0.2, -0.15) is 15.4 Å². The van der Waals surface area contributed by atoms with Crippen molar-refractivity contribution in [2.75, 3.05) is 6.54 Å². The molecule has 1 aromatic carbocycles. The van der Waals surface area contributed by atoms with Gasteiger partial charge in [-0.05, 0) is 18.6 Å². The van der Waals surface area contributed by atoms with E-state index in [1.54, 1.807) is 12.1 Å². The molecule has 3 aromatic heterocycles. The predicted molar refractivity (Wildman–Crippen MR) is 91.3 cm³/mol. The monoisotopic (exact) mass is 337 g/mol. The summed E-state index contributed by atoms with van der Waals surface area (Å²) in [6, 6.07) is 6.81. The molecule has 0 spiro atoms. The van der Waals surface area contributed by atoms with E-state index in [4.69, 9.17) is 0 Å². The molecule has 4 rings (SSSR count). The Morgan fingerprint density at radius 3 is 2.92 bits per heavy atom. The molecular formula is C16H15N7O2. The third kappa shape index (κ3) is 2.55. The van der Waals surface area contributed by atoms with Crippen molar-refractivity contribution in [3.63, 3.8) is 0 Å². The Bertz CT molecular complexity index is 1140. The van der Waals surface area contributed by atoms with Crippen LogP contribution in [0.15, 0.2) is 35.3 Å². The number of aromatic nitrogens is 6. The summed E-state index contributed by atoms with van der Waals surface area (Å²) in [7, 11) is 0. The molecule has 0 radical (unpaired) electrons. The highest BCUT2D eigenvalue weighted by molar-refractivity contribution is 5.99. The normalized spacial score (nSPS) is 11.2. The third-order valence-corrected chi connectivity index (χ3v) is 3.89. The molecule has 0 aliphatic heterocycles. The van der Waals surface area contributed by atoms with Crippen LogP contribution in [0.2, 0.25) is 0 Å². The van der Waals surface area contributed by atoms with Crippen molar-refractivity contribution < 1.29 is 4.79 Å². The lowest BCUT2D eigenvalue weighted by Crippen LogP contribution is -2.24. The van der Waals surface area contributed by atoms with E-state index < -0.39 is 0 Å². The second-order valence-corrected chi connectivity index (χ2v) is 5.61. The van der Waals surface area contributed by atoms with Gasteiger partial charge in [-0.25, -0.2) is 9.50 Å². The first-order valence-corrected chi connectivity index (χ1v) is 7.87. The van der Waals surface area contributed by atoms with Gasteiger partial charge in [0.05, 0.1) is 5.69 Å². The van der Waals surface area contributed by atoms with Gasteiger partial charge in [0.15, 0.2) is 5.65 Å². The van der Waals surface area contributed by atoms with Crippen LogP contribution in [-0.4, -0.2) is 42.5 Å². The number of hydrogen-bond acceptors (Lipinski definition) is 5. The second kappa shape index (κ2) is 5.86. The predicted octanol–water partition coefficient (Wildman–Crippen LogP) is 1.10. The fourth-order valence-corrected chi connectivity index (χ4v) is 2.63. The van der Waals surface area contributed by atoms with E-state index in [0.717, 1.165) is 17.5 Å². The molecule has 4 aromatic rings. The van der Waals surface area contributed by atoms with Crippen LogP contribution >= 0.6 is 0 Å². The Labute approximate surface area is 141 Å². The number of fused-ring (bicyclic) bond motifs is 2. The van der Waals surface area contributed by atoms with E-state index in [1.807, 2.05) is 13.0 Å². The summed E-state index contributed by atoms with van der Waals surface area (Å²) in [4.78, 5) is 29.1. The summed E-state index contributed by atoms with van der Waals surface area (Å²) in [5.74, 6) is -0.267. The Morgan fingerprint density at radius 2 is 2.08 bits per heavy atom. The Morgan fingerprint density at radius 1 is 1.24 bits per heavy atom. The first-order chi connectivity index (χ1) is 12.2. The fraction of sp³-hybridized carbons (Fsp3) is 0.188. The van der Waals surface area contributed by atoms with Gasteiger partial charge in [0, 0.05) is 24.4 Å². The van der Waals surface area contributed by atoms with Gasteiger partial charge in [0.25, 0.3) is 11.5 Å². The van der Waals surface area contributed by atoms with Crippen molar-refractivity contribution in [2.45, 2.75) is 13.3 Å². The van der Waals surface area contributed by atoms with E-state index >= 15 is 0 Å². The van der Waals surface area contributed by atoms with Gasteiger partial charge in [0.2, 0.25) is 0 Å². The molecule has 0 unspecified atom stereocenters. The van der Waals surface area contributed by atoms with Crippen molar-refractivity contribution in [2.24, 2.45) is 0 Å². The van der Waals surface area contributed by atoms with Crippen LogP contribution in [0.3, 0.4) is 0 Å². The largest absolute Gasteiger partial charge is 0.352 e. The van der Waals surface area contributed by atoms with Gasteiger partial charge >= 0.3 is 0 Å². The van der Waals surface area contributed by atoms with Crippen molar-refractivity contribution in [1.29, 1.82) is 0 Å². The quantitative estimate of drug-likeness (QED) is 0.515. The molecule has 1 amide bonds. The maximum atomic E-state index is 12.4. The number of carbonyl (C=O) groups is 1. The van der Waals surface area contributed by atoms with Gasteiger partial charge in [-0.1, -0.05) is 13.0 Å². The summed E-state index contributed by atoms with van der Waals surface area (Å²) in [5.41, 5.74) is 2.92. The molecule has 0 bridgehead atoms. The smallest absolute Gasteiger partial charge is 0.273 e. The van der Waals surface area contributed by atoms with Gasteiger partial charge in [-0.3, -0.25) is 14.7 Å². The van der Waals surface area contributed by atoms with Crippen LogP contribution in [0.25, 0.3) is 27.9 Å². The van der Waals surface area contributed by atoms with Crippen LogP contribution in [-0.2, 0) is 0 Å². The Hall–Kier alpha value is -3.49. The highest BCUT2D eigenvalue weighted by Crippen LogP contribution is 2.21. The third-order valence-electron chi connectivity index (χ3n) is 3.89. The van der Waals surface area contributed by atoms with Crippen molar-refractivity contribution in [1.82, 2.24) is 35.3 Å². The van der Waals surface area contributed by atoms with Crippen LogP contribution in [0.1, 0.15) is 23.7 Å². The zero-order valence-electron chi connectivity index (χ0n) is 13.4. The zero-order valence-corrected chi connectivity index (χ0v) is 13.4. The molecular weight excluding hydrogens is 322 g/mol. The molecule has 126 valence electrons. The summed E-state index contributed by atoms with van der Waals surface area (Å²) >= 11 is 0. The minimum atomic E-state index is -0.296. The lowest BCUT2D eigenvalue weighted by atomic mass is 10.1. The standard InChI is InChI=1S/C16H15N7O2/c1-2-5-17-16(25)10-8-18-23-14(24)7-12(19-15(10)23)9-3-4-11-13(6-9)21-22-20-11/h3-4,6-8,18H,2,5H2,1H3,(H,17,25)(H,20,21,22). The molecule has 0 saturated carbocycles. The molecule has 9 heteroatoms. The van der Waals surface area contributed by atoms with Crippen LogP contribution in [0.4, 0.5) is 0 Å². The Balaban J connectivity index is 1.84. The molecule has 0 saturated heterocycles. The summed E-state index contributed by atoms with van der Waals surface area (Å²) in [5, 5.41) is 16.2. The van der Waals surface area contributed by atoms with Gasteiger partial charge in [0.1, 0.15) is 16.6 Å². The maximum absolute atomic E-state index is 12.4. The summed E-state index contributed by atoms with van der Waals surface area (Å²) in [6.07, 6.45) is 2.31. The fourth-order valence-electron chi connectivity index (χ4n) is 2.63. The number of H-pyrrole nitrogens is 2. The minimum Gasteiger partial charge on any atom is -0.352 e. The highest BCUT2D eigenvalue weighted by atomic mass is 16.2. The van der Waals surface area contributed by atoms with E-state index in [0.29, 0.717) is 23.3 Å². The molecule has 0 fully saturated rings. The summed E-state index contributed by atoms with van der Waals surface area (Å²) in [6.45, 7) is 2.53. The first kappa shape index (κ1) is 15.1. The highest BCUT2D eigenvalue weighted by Gasteiger charge is 2.16. The molecule has 25 heavy (non-hydrogen) atoms. The number of aromatic amines is 2. The van der Waals surface area contributed by atoms with Gasteiger partial charge < -0.3 is 5.32 Å². The zero-order chi connectivity index (χ0) is 17.4. The van der Waals surface area contributed by atoms with Crippen LogP contribution in [0.5, 0.6) is 0 Å². The van der Waals surface area contributed by atoms with E-state index in [-0.39, 0.29) is 17.1 Å².